The second-order valence-electron chi connectivity index (χ2n) is 5.93. The molecule has 0 spiro atoms. The van der Waals surface area contributed by atoms with Crippen LogP contribution in [0.25, 0.3) is 11.0 Å². The maximum Gasteiger partial charge on any atom is 0.150 e. The number of hydrogen-bond acceptors (Lipinski definition) is 4. The fraction of sp³-hybridized carbons (Fsp3) is 0.263. The number of fused-ring (bicyclic) bond motifs is 1. The number of aromatic nitrogens is 2. The van der Waals surface area contributed by atoms with Gasteiger partial charge >= 0.3 is 0 Å². The monoisotopic (exact) mass is 304 g/mol. The number of piperazine rings is 1. The van der Waals surface area contributed by atoms with Crippen molar-refractivity contribution in [2.75, 3.05) is 36.0 Å². The summed E-state index contributed by atoms with van der Waals surface area (Å²) < 4.78 is 0. The van der Waals surface area contributed by atoms with Gasteiger partial charge in [-0.3, -0.25) is 0 Å². The molecule has 0 bridgehead atoms. The standard InChI is InChI=1S/C19H20N4/c1-15-19(21-18-10-6-5-9-17(18)20-15)23-13-11-22(12-14-23)16-7-3-2-4-8-16/h2-10H,11-14H2,1H3. The van der Waals surface area contributed by atoms with E-state index in [1.165, 1.54) is 5.69 Å². The van der Waals surface area contributed by atoms with E-state index < -0.39 is 0 Å². The summed E-state index contributed by atoms with van der Waals surface area (Å²) in [5, 5.41) is 0. The Bertz CT molecular complexity index is 808. The van der Waals surface area contributed by atoms with Gasteiger partial charge in [-0.1, -0.05) is 30.3 Å². The normalized spacial score (nSPS) is 15.2. The van der Waals surface area contributed by atoms with Crippen LogP contribution in [0.3, 0.4) is 0 Å². The maximum absolute atomic E-state index is 4.84. The molecule has 4 heteroatoms. The molecule has 1 aliphatic heterocycles. The number of para-hydroxylation sites is 3. The van der Waals surface area contributed by atoms with Gasteiger partial charge in [0.05, 0.1) is 16.7 Å². The van der Waals surface area contributed by atoms with Gasteiger partial charge in [-0.25, -0.2) is 9.97 Å². The van der Waals surface area contributed by atoms with Crippen molar-refractivity contribution in [1.29, 1.82) is 0 Å². The van der Waals surface area contributed by atoms with E-state index in [1.54, 1.807) is 0 Å². The lowest BCUT2D eigenvalue weighted by atomic mass is 10.2. The Balaban J connectivity index is 1.55. The Labute approximate surface area is 136 Å². The summed E-state index contributed by atoms with van der Waals surface area (Å²) in [6.45, 7) is 6.03. The summed E-state index contributed by atoms with van der Waals surface area (Å²) in [5.41, 5.74) is 4.25. The molecule has 2 aromatic carbocycles. The lowest BCUT2D eigenvalue weighted by Crippen LogP contribution is -2.47. The highest BCUT2D eigenvalue weighted by molar-refractivity contribution is 5.76. The van der Waals surface area contributed by atoms with Gasteiger partial charge < -0.3 is 9.80 Å². The van der Waals surface area contributed by atoms with Crippen LogP contribution in [0.5, 0.6) is 0 Å². The van der Waals surface area contributed by atoms with Crippen LogP contribution in [-0.4, -0.2) is 36.1 Å². The van der Waals surface area contributed by atoms with Crippen LogP contribution in [-0.2, 0) is 0 Å². The molecule has 23 heavy (non-hydrogen) atoms. The van der Waals surface area contributed by atoms with Crippen molar-refractivity contribution in [3.05, 3.63) is 60.3 Å². The van der Waals surface area contributed by atoms with Gasteiger partial charge in [0, 0.05) is 31.9 Å². The highest BCUT2D eigenvalue weighted by Gasteiger charge is 2.20. The maximum atomic E-state index is 4.84. The van der Waals surface area contributed by atoms with Crippen molar-refractivity contribution < 1.29 is 0 Å². The molecule has 0 atom stereocenters. The smallest absolute Gasteiger partial charge is 0.150 e. The molecule has 2 heterocycles. The van der Waals surface area contributed by atoms with E-state index in [1.807, 2.05) is 24.3 Å². The van der Waals surface area contributed by atoms with Gasteiger partial charge in [-0.2, -0.15) is 0 Å². The van der Waals surface area contributed by atoms with E-state index in [9.17, 15) is 0 Å². The van der Waals surface area contributed by atoms with E-state index in [0.717, 1.165) is 48.7 Å². The minimum absolute atomic E-state index is 0.969. The molecule has 0 saturated carbocycles. The molecule has 0 amide bonds. The molecule has 116 valence electrons. The third-order valence-corrected chi connectivity index (χ3v) is 4.42. The lowest BCUT2D eigenvalue weighted by Gasteiger charge is -2.37. The largest absolute Gasteiger partial charge is 0.368 e. The van der Waals surface area contributed by atoms with Gasteiger partial charge in [-0.05, 0) is 31.2 Å². The molecule has 0 unspecified atom stereocenters. The quantitative estimate of drug-likeness (QED) is 0.727. The molecule has 1 aliphatic rings. The summed E-state index contributed by atoms with van der Waals surface area (Å²) in [6, 6.07) is 18.7. The Hall–Kier alpha value is -2.62. The SMILES string of the molecule is Cc1nc2ccccc2nc1N1CCN(c2ccccc2)CC1. The molecular weight excluding hydrogens is 284 g/mol. The Kier molecular flexibility index (Phi) is 3.58. The fourth-order valence-electron chi connectivity index (χ4n) is 3.19. The van der Waals surface area contributed by atoms with Crippen LogP contribution in [0, 0.1) is 6.92 Å². The zero-order chi connectivity index (χ0) is 15.6. The average molecular weight is 304 g/mol. The number of hydrogen-bond donors (Lipinski definition) is 0. The first-order valence-electron chi connectivity index (χ1n) is 8.09. The average Bonchev–Trinajstić information content (AvgIpc) is 2.62. The second-order valence-corrected chi connectivity index (χ2v) is 5.93. The van der Waals surface area contributed by atoms with Gasteiger partial charge in [0.2, 0.25) is 0 Å². The predicted octanol–water partition coefficient (Wildman–Crippen LogP) is 3.26. The zero-order valence-corrected chi connectivity index (χ0v) is 13.3. The molecular formula is C19H20N4. The first kappa shape index (κ1) is 14.0. The van der Waals surface area contributed by atoms with Gasteiger partial charge in [0.25, 0.3) is 0 Å². The Morgan fingerprint density at radius 3 is 1.96 bits per heavy atom. The molecule has 1 fully saturated rings. The highest BCUT2D eigenvalue weighted by atomic mass is 15.3. The van der Waals surface area contributed by atoms with Crippen molar-refractivity contribution >= 4 is 22.5 Å². The number of nitrogens with zero attached hydrogens (tertiary/aromatic N) is 4. The van der Waals surface area contributed by atoms with Crippen LogP contribution >= 0.6 is 0 Å². The van der Waals surface area contributed by atoms with E-state index in [-0.39, 0.29) is 0 Å². The minimum atomic E-state index is 0.969. The minimum Gasteiger partial charge on any atom is -0.368 e. The molecule has 1 aromatic heterocycles. The van der Waals surface area contributed by atoms with Gasteiger partial charge in [0.1, 0.15) is 0 Å². The van der Waals surface area contributed by atoms with E-state index in [0.29, 0.717) is 0 Å². The molecule has 0 N–H and O–H groups in total. The van der Waals surface area contributed by atoms with Gasteiger partial charge in [-0.15, -0.1) is 0 Å². The Morgan fingerprint density at radius 1 is 0.696 bits per heavy atom. The van der Waals surface area contributed by atoms with Crippen LogP contribution in [0.15, 0.2) is 54.6 Å². The van der Waals surface area contributed by atoms with Crippen molar-refractivity contribution in [3.63, 3.8) is 0 Å². The molecule has 4 nitrogen and oxygen atoms in total. The zero-order valence-electron chi connectivity index (χ0n) is 13.3. The summed E-state index contributed by atoms with van der Waals surface area (Å²) >= 11 is 0. The van der Waals surface area contributed by atoms with Crippen molar-refractivity contribution in [2.24, 2.45) is 0 Å². The number of rotatable bonds is 2. The number of benzene rings is 2. The van der Waals surface area contributed by atoms with E-state index >= 15 is 0 Å². The van der Waals surface area contributed by atoms with Crippen LogP contribution in [0.2, 0.25) is 0 Å². The second kappa shape index (κ2) is 5.88. The third-order valence-electron chi connectivity index (χ3n) is 4.42. The molecule has 0 aliphatic carbocycles. The van der Waals surface area contributed by atoms with E-state index in [4.69, 9.17) is 9.97 Å². The van der Waals surface area contributed by atoms with Crippen molar-refractivity contribution in [2.45, 2.75) is 6.92 Å². The van der Waals surface area contributed by atoms with Gasteiger partial charge in [0.15, 0.2) is 5.82 Å². The predicted molar refractivity (Wildman–Crippen MR) is 95.1 cm³/mol. The third kappa shape index (κ3) is 2.72. The van der Waals surface area contributed by atoms with E-state index in [2.05, 4.69) is 47.1 Å². The van der Waals surface area contributed by atoms with Crippen molar-refractivity contribution in [3.8, 4) is 0 Å². The number of anilines is 2. The number of aryl methyl sites for hydroxylation is 1. The summed E-state index contributed by atoms with van der Waals surface area (Å²) in [4.78, 5) is 14.3. The highest BCUT2D eigenvalue weighted by Crippen LogP contribution is 2.23. The topological polar surface area (TPSA) is 32.3 Å². The molecule has 3 aromatic rings. The summed E-state index contributed by atoms with van der Waals surface area (Å²) in [5.74, 6) is 1.02. The molecule has 0 radical (unpaired) electrons. The molecule has 4 rings (SSSR count). The van der Waals surface area contributed by atoms with Crippen LogP contribution < -0.4 is 9.80 Å². The first-order valence-corrected chi connectivity index (χ1v) is 8.09. The summed E-state index contributed by atoms with van der Waals surface area (Å²) in [7, 11) is 0. The first-order chi connectivity index (χ1) is 11.3. The lowest BCUT2D eigenvalue weighted by molar-refractivity contribution is 0.645. The Morgan fingerprint density at radius 2 is 1.26 bits per heavy atom. The fourth-order valence-corrected chi connectivity index (χ4v) is 3.19. The van der Waals surface area contributed by atoms with Crippen LogP contribution in [0.4, 0.5) is 11.5 Å². The summed E-state index contributed by atoms with van der Waals surface area (Å²) in [6.07, 6.45) is 0. The van der Waals surface area contributed by atoms with Crippen molar-refractivity contribution in [1.82, 2.24) is 9.97 Å². The van der Waals surface area contributed by atoms with Crippen LogP contribution in [0.1, 0.15) is 5.69 Å². The molecule has 1 saturated heterocycles.